The van der Waals surface area contributed by atoms with Crippen LogP contribution in [0.1, 0.15) is 30.1 Å². The number of thiophene rings is 1. The van der Waals surface area contributed by atoms with Gasteiger partial charge in [0.2, 0.25) is 0 Å². The van der Waals surface area contributed by atoms with Crippen molar-refractivity contribution in [2.75, 3.05) is 13.1 Å². The van der Waals surface area contributed by atoms with Gasteiger partial charge in [0.15, 0.2) is 5.06 Å². The molecular weight excluding hydrogens is 356 g/mol. The number of hydrogen-bond acceptors (Lipinski definition) is 4. The Bertz CT molecular complexity index is 751. The second-order valence-corrected chi connectivity index (χ2v) is 8.13. The van der Waals surface area contributed by atoms with Gasteiger partial charge in [-0.3, -0.25) is 9.69 Å². The van der Waals surface area contributed by atoms with Crippen molar-refractivity contribution in [1.82, 2.24) is 10.2 Å². The maximum Gasteiger partial charge on any atom is 0.251 e. The summed E-state index contributed by atoms with van der Waals surface area (Å²) in [6.45, 7) is 4.55. The quantitative estimate of drug-likeness (QED) is 0.859. The fourth-order valence-corrected chi connectivity index (χ4v) is 4.85. The Balaban J connectivity index is 1.40. The van der Waals surface area contributed by atoms with Gasteiger partial charge in [0, 0.05) is 29.1 Å². The molecule has 3 aliphatic rings. The third kappa shape index (κ3) is 3.54. The fraction of sp³-hybridized carbons (Fsp3) is 0.421. The molecule has 132 valence electrons. The molecule has 4 nitrogen and oxygen atoms in total. The van der Waals surface area contributed by atoms with Gasteiger partial charge in [-0.15, -0.1) is 11.3 Å². The Kier molecular flexibility index (Phi) is 4.71. The molecular formula is C19H21ClN2O2S. The lowest BCUT2D eigenvalue weighted by Crippen LogP contribution is -2.62. The normalized spacial score (nSPS) is 27.9. The lowest BCUT2D eigenvalue weighted by atomic mass is 9.79. The van der Waals surface area contributed by atoms with Crippen LogP contribution in [0, 0.1) is 5.92 Å². The summed E-state index contributed by atoms with van der Waals surface area (Å²) in [5.74, 6) is 1.30. The van der Waals surface area contributed by atoms with Crippen LogP contribution in [0.4, 0.5) is 0 Å². The Morgan fingerprint density at radius 2 is 2.00 bits per heavy atom. The first-order valence-corrected chi connectivity index (χ1v) is 9.93. The number of benzene rings is 1. The van der Waals surface area contributed by atoms with Crippen LogP contribution in [0.5, 0.6) is 10.8 Å². The van der Waals surface area contributed by atoms with Crippen molar-refractivity contribution in [3.63, 3.8) is 0 Å². The number of carbonyl (C=O) groups is 1. The third-order valence-corrected chi connectivity index (χ3v) is 6.51. The van der Waals surface area contributed by atoms with E-state index < -0.39 is 0 Å². The van der Waals surface area contributed by atoms with E-state index in [1.54, 1.807) is 6.07 Å². The van der Waals surface area contributed by atoms with Gasteiger partial charge in [-0.25, -0.2) is 0 Å². The SMILES string of the molecule is CC1C(NC(=O)c2ccc(Oc3cc(Cl)cs3)cc2)C2CCN1CC2. The van der Waals surface area contributed by atoms with Crippen LogP contribution in [0.2, 0.25) is 5.02 Å². The van der Waals surface area contributed by atoms with E-state index >= 15 is 0 Å². The van der Waals surface area contributed by atoms with Crippen LogP contribution in [-0.2, 0) is 0 Å². The monoisotopic (exact) mass is 376 g/mol. The standard InChI is InChI=1S/C19H21ClN2O2S/c1-12-18(13-6-8-22(12)9-7-13)21-19(23)14-2-4-16(5-3-14)24-17-10-15(20)11-25-17/h2-5,10-13,18H,6-9H2,1H3,(H,21,23). The molecule has 3 aliphatic heterocycles. The Morgan fingerprint density at radius 1 is 1.28 bits per heavy atom. The molecule has 4 heterocycles. The molecule has 3 saturated heterocycles. The molecule has 25 heavy (non-hydrogen) atoms. The highest BCUT2D eigenvalue weighted by Crippen LogP contribution is 2.33. The summed E-state index contributed by atoms with van der Waals surface area (Å²) < 4.78 is 5.74. The molecule has 0 saturated carbocycles. The van der Waals surface area contributed by atoms with Crippen molar-refractivity contribution in [3.8, 4) is 10.8 Å². The molecule has 2 atom stereocenters. The largest absolute Gasteiger partial charge is 0.447 e. The average molecular weight is 377 g/mol. The summed E-state index contributed by atoms with van der Waals surface area (Å²) in [4.78, 5) is 15.1. The summed E-state index contributed by atoms with van der Waals surface area (Å²) in [6.07, 6.45) is 2.37. The molecule has 0 aliphatic carbocycles. The minimum absolute atomic E-state index is 0.00341. The molecule has 6 heteroatoms. The fourth-order valence-electron chi connectivity index (χ4n) is 3.92. The van der Waals surface area contributed by atoms with Crippen molar-refractivity contribution < 1.29 is 9.53 Å². The van der Waals surface area contributed by atoms with E-state index in [0.29, 0.717) is 28.3 Å². The highest BCUT2D eigenvalue weighted by Gasteiger charge is 2.40. The summed E-state index contributed by atoms with van der Waals surface area (Å²) in [7, 11) is 0. The minimum Gasteiger partial charge on any atom is -0.447 e. The lowest BCUT2D eigenvalue weighted by molar-refractivity contribution is 0.0217. The van der Waals surface area contributed by atoms with Crippen LogP contribution in [-0.4, -0.2) is 36.0 Å². The molecule has 2 unspecified atom stereocenters. The number of carbonyl (C=O) groups excluding carboxylic acids is 1. The highest BCUT2D eigenvalue weighted by atomic mass is 35.5. The van der Waals surface area contributed by atoms with E-state index in [4.69, 9.17) is 16.3 Å². The molecule has 3 fully saturated rings. The van der Waals surface area contributed by atoms with Crippen molar-refractivity contribution >= 4 is 28.8 Å². The van der Waals surface area contributed by atoms with Gasteiger partial charge in [0.25, 0.3) is 5.91 Å². The van der Waals surface area contributed by atoms with Crippen molar-refractivity contribution in [3.05, 3.63) is 46.3 Å². The Hall–Kier alpha value is -1.56. The Labute approximate surface area is 156 Å². The maximum atomic E-state index is 12.6. The van der Waals surface area contributed by atoms with Gasteiger partial charge < -0.3 is 10.1 Å². The summed E-state index contributed by atoms with van der Waals surface area (Å²) in [5, 5.41) is 6.49. The van der Waals surface area contributed by atoms with E-state index in [-0.39, 0.29) is 11.9 Å². The predicted octanol–water partition coefficient (Wildman–Crippen LogP) is 4.41. The van der Waals surface area contributed by atoms with E-state index in [9.17, 15) is 4.79 Å². The number of rotatable bonds is 4. The van der Waals surface area contributed by atoms with E-state index in [1.807, 2.05) is 29.6 Å². The number of ether oxygens (including phenoxy) is 1. The van der Waals surface area contributed by atoms with E-state index in [2.05, 4.69) is 17.1 Å². The highest BCUT2D eigenvalue weighted by molar-refractivity contribution is 7.12. The van der Waals surface area contributed by atoms with Crippen LogP contribution >= 0.6 is 22.9 Å². The molecule has 2 bridgehead atoms. The number of fused-ring (bicyclic) bond motifs is 3. The molecule has 5 rings (SSSR count). The van der Waals surface area contributed by atoms with Crippen LogP contribution in [0.3, 0.4) is 0 Å². The second-order valence-electron chi connectivity index (χ2n) is 6.82. The van der Waals surface area contributed by atoms with Crippen molar-refractivity contribution in [1.29, 1.82) is 0 Å². The predicted molar refractivity (Wildman–Crippen MR) is 101 cm³/mol. The molecule has 1 N–H and O–H groups in total. The molecule has 1 amide bonds. The Morgan fingerprint density at radius 3 is 2.60 bits per heavy atom. The van der Waals surface area contributed by atoms with Gasteiger partial charge in [0.05, 0.1) is 5.02 Å². The van der Waals surface area contributed by atoms with Crippen molar-refractivity contribution in [2.24, 2.45) is 5.92 Å². The number of halogens is 1. The zero-order valence-electron chi connectivity index (χ0n) is 14.1. The van der Waals surface area contributed by atoms with Gasteiger partial charge >= 0.3 is 0 Å². The first-order chi connectivity index (χ1) is 12.1. The van der Waals surface area contributed by atoms with Gasteiger partial charge in [0.1, 0.15) is 5.75 Å². The summed E-state index contributed by atoms with van der Waals surface area (Å²) in [6, 6.07) is 9.71. The zero-order valence-corrected chi connectivity index (χ0v) is 15.6. The second kappa shape index (κ2) is 6.98. The topological polar surface area (TPSA) is 41.6 Å². The first-order valence-electron chi connectivity index (χ1n) is 8.67. The number of hydrogen-bond donors (Lipinski definition) is 1. The zero-order chi connectivity index (χ0) is 17.4. The van der Waals surface area contributed by atoms with Crippen LogP contribution in [0.15, 0.2) is 35.7 Å². The number of nitrogens with one attached hydrogen (secondary N) is 1. The molecule has 0 spiro atoms. The molecule has 1 aromatic heterocycles. The minimum atomic E-state index is -0.00341. The van der Waals surface area contributed by atoms with Gasteiger partial charge in [-0.05, 0) is 63.0 Å². The number of nitrogens with zero attached hydrogens (tertiary/aromatic N) is 1. The van der Waals surface area contributed by atoms with Gasteiger partial charge in [-0.2, -0.15) is 0 Å². The third-order valence-electron chi connectivity index (χ3n) is 5.35. The average Bonchev–Trinajstić information content (AvgIpc) is 3.04. The van der Waals surface area contributed by atoms with E-state index in [1.165, 1.54) is 24.2 Å². The lowest BCUT2D eigenvalue weighted by Gasteiger charge is -2.49. The van der Waals surface area contributed by atoms with E-state index in [0.717, 1.165) is 18.2 Å². The van der Waals surface area contributed by atoms with Crippen LogP contribution in [0.25, 0.3) is 0 Å². The summed E-state index contributed by atoms with van der Waals surface area (Å²) in [5.41, 5.74) is 0.667. The van der Waals surface area contributed by atoms with Crippen molar-refractivity contribution in [2.45, 2.75) is 31.8 Å². The van der Waals surface area contributed by atoms with Crippen LogP contribution < -0.4 is 10.1 Å². The molecule has 2 aromatic rings. The number of amides is 1. The first kappa shape index (κ1) is 16.9. The smallest absolute Gasteiger partial charge is 0.251 e. The summed E-state index contributed by atoms with van der Waals surface area (Å²) >= 11 is 7.35. The van der Waals surface area contributed by atoms with Gasteiger partial charge in [-0.1, -0.05) is 11.6 Å². The maximum absolute atomic E-state index is 12.6. The molecule has 0 radical (unpaired) electrons. The number of piperidine rings is 3. The molecule has 1 aromatic carbocycles.